The molecule has 0 spiro atoms. The van der Waals surface area contributed by atoms with Crippen LogP contribution in [-0.2, 0) is 0 Å². The summed E-state index contributed by atoms with van der Waals surface area (Å²) in [7, 11) is 0. The highest BCUT2D eigenvalue weighted by Crippen LogP contribution is 2.11. The van der Waals surface area contributed by atoms with E-state index >= 15 is 0 Å². The zero-order valence-corrected chi connectivity index (χ0v) is 7.93. The maximum Gasteiger partial charge on any atom is 0.00418 e. The lowest BCUT2D eigenvalue weighted by Gasteiger charge is -2.32. The van der Waals surface area contributed by atoms with Crippen LogP contribution < -0.4 is 0 Å². The summed E-state index contributed by atoms with van der Waals surface area (Å²) in [5.41, 5.74) is 1.44. The van der Waals surface area contributed by atoms with Gasteiger partial charge in [0, 0.05) is 6.54 Å². The standard InChI is InChI=1S/C10H19N/c1-9(2)7-10(3)8-11-5-4-6-11/h7,10H,4-6,8H2,1-3H3. The van der Waals surface area contributed by atoms with Crippen LogP contribution in [0.15, 0.2) is 11.6 Å². The molecule has 64 valence electrons. The molecule has 1 saturated heterocycles. The lowest BCUT2D eigenvalue weighted by molar-refractivity contribution is 0.167. The van der Waals surface area contributed by atoms with Crippen LogP contribution in [-0.4, -0.2) is 24.5 Å². The van der Waals surface area contributed by atoms with E-state index in [-0.39, 0.29) is 0 Å². The van der Waals surface area contributed by atoms with Gasteiger partial charge < -0.3 is 4.90 Å². The fraction of sp³-hybridized carbons (Fsp3) is 0.800. The first-order valence-corrected chi connectivity index (χ1v) is 4.56. The Balaban J connectivity index is 2.19. The fourth-order valence-electron chi connectivity index (χ4n) is 1.59. The monoisotopic (exact) mass is 153 g/mol. The number of allylic oxidation sites excluding steroid dienone is 1. The summed E-state index contributed by atoms with van der Waals surface area (Å²) in [4.78, 5) is 2.52. The summed E-state index contributed by atoms with van der Waals surface area (Å²) in [6, 6.07) is 0. The van der Waals surface area contributed by atoms with E-state index in [2.05, 4.69) is 31.7 Å². The topological polar surface area (TPSA) is 3.24 Å². The Labute approximate surface area is 70.1 Å². The molecule has 1 aliphatic rings. The van der Waals surface area contributed by atoms with E-state index in [9.17, 15) is 0 Å². The van der Waals surface area contributed by atoms with Gasteiger partial charge in [0.1, 0.15) is 0 Å². The Morgan fingerprint density at radius 1 is 1.45 bits per heavy atom. The zero-order chi connectivity index (χ0) is 8.27. The van der Waals surface area contributed by atoms with Crippen molar-refractivity contribution in [3.05, 3.63) is 11.6 Å². The molecule has 1 nitrogen and oxygen atoms in total. The van der Waals surface area contributed by atoms with E-state index < -0.39 is 0 Å². The van der Waals surface area contributed by atoms with E-state index in [0.717, 1.165) is 5.92 Å². The lowest BCUT2D eigenvalue weighted by Crippen LogP contribution is -2.39. The molecule has 0 aromatic carbocycles. The van der Waals surface area contributed by atoms with Crippen molar-refractivity contribution in [3.8, 4) is 0 Å². The van der Waals surface area contributed by atoms with E-state index in [1.807, 2.05) is 0 Å². The highest BCUT2D eigenvalue weighted by Gasteiger charge is 2.14. The zero-order valence-electron chi connectivity index (χ0n) is 7.93. The largest absolute Gasteiger partial charge is 0.303 e. The molecule has 0 N–H and O–H groups in total. The van der Waals surface area contributed by atoms with Crippen molar-refractivity contribution in [1.82, 2.24) is 4.90 Å². The lowest BCUT2D eigenvalue weighted by atomic mass is 10.1. The molecule has 0 aromatic heterocycles. The minimum atomic E-state index is 0.736. The molecule has 0 bridgehead atoms. The Hall–Kier alpha value is -0.300. The second-order valence-corrected chi connectivity index (χ2v) is 3.88. The molecule has 1 heterocycles. The predicted octanol–water partition coefficient (Wildman–Crippen LogP) is 2.29. The van der Waals surface area contributed by atoms with Gasteiger partial charge in [-0.2, -0.15) is 0 Å². The van der Waals surface area contributed by atoms with Gasteiger partial charge in [-0.1, -0.05) is 18.6 Å². The third-order valence-corrected chi connectivity index (χ3v) is 2.11. The summed E-state index contributed by atoms with van der Waals surface area (Å²) < 4.78 is 0. The normalized spacial score (nSPS) is 20.6. The van der Waals surface area contributed by atoms with Crippen LogP contribution in [0.4, 0.5) is 0 Å². The second kappa shape index (κ2) is 3.91. The van der Waals surface area contributed by atoms with Gasteiger partial charge in [0.25, 0.3) is 0 Å². The molecule has 0 amide bonds. The quantitative estimate of drug-likeness (QED) is 0.562. The van der Waals surface area contributed by atoms with Gasteiger partial charge in [-0.05, 0) is 39.3 Å². The van der Waals surface area contributed by atoms with E-state index in [4.69, 9.17) is 0 Å². The molecule has 1 fully saturated rings. The van der Waals surface area contributed by atoms with Crippen molar-refractivity contribution < 1.29 is 0 Å². The number of hydrogen-bond donors (Lipinski definition) is 0. The minimum absolute atomic E-state index is 0.736. The first kappa shape index (κ1) is 8.79. The third kappa shape index (κ3) is 3.06. The molecule has 0 radical (unpaired) electrons. The summed E-state index contributed by atoms with van der Waals surface area (Å²) in [5, 5.41) is 0. The Morgan fingerprint density at radius 3 is 2.45 bits per heavy atom. The smallest absolute Gasteiger partial charge is 0.00418 e. The molecule has 0 aromatic rings. The van der Waals surface area contributed by atoms with Crippen molar-refractivity contribution in [1.29, 1.82) is 0 Å². The highest BCUT2D eigenvalue weighted by molar-refractivity contribution is 4.97. The summed E-state index contributed by atoms with van der Waals surface area (Å²) in [6.45, 7) is 10.5. The van der Waals surface area contributed by atoms with Gasteiger partial charge in [0.2, 0.25) is 0 Å². The fourth-order valence-corrected chi connectivity index (χ4v) is 1.59. The van der Waals surface area contributed by atoms with Crippen LogP contribution in [0.3, 0.4) is 0 Å². The van der Waals surface area contributed by atoms with Crippen molar-refractivity contribution in [3.63, 3.8) is 0 Å². The maximum absolute atomic E-state index is 2.52. The molecular formula is C10H19N. The number of hydrogen-bond acceptors (Lipinski definition) is 1. The molecule has 1 heteroatoms. The minimum Gasteiger partial charge on any atom is -0.303 e. The summed E-state index contributed by atoms with van der Waals surface area (Å²) in [6.07, 6.45) is 3.76. The second-order valence-electron chi connectivity index (χ2n) is 3.88. The van der Waals surface area contributed by atoms with Crippen molar-refractivity contribution in [2.45, 2.75) is 27.2 Å². The first-order chi connectivity index (χ1) is 5.18. The predicted molar refractivity (Wildman–Crippen MR) is 49.7 cm³/mol. The van der Waals surface area contributed by atoms with Crippen molar-refractivity contribution in [2.75, 3.05) is 19.6 Å². The Morgan fingerprint density at radius 2 is 2.09 bits per heavy atom. The molecule has 11 heavy (non-hydrogen) atoms. The Kier molecular flexibility index (Phi) is 3.13. The van der Waals surface area contributed by atoms with Crippen LogP contribution >= 0.6 is 0 Å². The molecular weight excluding hydrogens is 134 g/mol. The van der Waals surface area contributed by atoms with Crippen LogP contribution in [0, 0.1) is 5.92 Å². The van der Waals surface area contributed by atoms with Crippen LogP contribution in [0.2, 0.25) is 0 Å². The van der Waals surface area contributed by atoms with Gasteiger partial charge in [-0.25, -0.2) is 0 Å². The number of nitrogens with zero attached hydrogens (tertiary/aromatic N) is 1. The average Bonchev–Trinajstić information content (AvgIpc) is 1.77. The highest BCUT2D eigenvalue weighted by atomic mass is 15.2. The van der Waals surface area contributed by atoms with Gasteiger partial charge in [-0.3, -0.25) is 0 Å². The molecule has 1 aliphatic heterocycles. The molecule has 1 rings (SSSR count). The van der Waals surface area contributed by atoms with Crippen molar-refractivity contribution in [2.24, 2.45) is 5.92 Å². The average molecular weight is 153 g/mol. The summed E-state index contributed by atoms with van der Waals surface area (Å²) >= 11 is 0. The Bertz CT molecular complexity index is 141. The van der Waals surface area contributed by atoms with E-state index in [1.54, 1.807) is 0 Å². The van der Waals surface area contributed by atoms with Crippen LogP contribution in [0.25, 0.3) is 0 Å². The van der Waals surface area contributed by atoms with Gasteiger partial charge in [0.05, 0.1) is 0 Å². The maximum atomic E-state index is 2.52. The number of rotatable bonds is 3. The van der Waals surface area contributed by atoms with Crippen molar-refractivity contribution >= 4 is 0 Å². The van der Waals surface area contributed by atoms with E-state index in [0.29, 0.717) is 0 Å². The van der Waals surface area contributed by atoms with E-state index in [1.165, 1.54) is 31.6 Å². The third-order valence-electron chi connectivity index (χ3n) is 2.11. The molecule has 1 unspecified atom stereocenters. The molecule has 1 atom stereocenters. The van der Waals surface area contributed by atoms with Gasteiger partial charge >= 0.3 is 0 Å². The first-order valence-electron chi connectivity index (χ1n) is 4.56. The van der Waals surface area contributed by atoms with Crippen LogP contribution in [0.1, 0.15) is 27.2 Å². The van der Waals surface area contributed by atoms with Gasteiger partial charge in [-0.15, -0.1) is 0 Å². The summed E-state index contributed by atoms with van der Waals surface area (Å²) in [5.74, 6) is 0.736. The number of likely N-dealkylation sites (tertiary alicyclic amines) is 1. The molecule has 0 aliphatic carbocycles. The SMILES string of the molecule is CC(C)=CC(C)CN1CCC1. The molecule has 0 saturated carbocycles. The van der Waals surface area contributed by atoms with Gasteiger partial charge in [0.15, 0.2) is 0 Å². The van der Waals surface area contributed by atoms with Crippen LogP contribution in [0.5, 0.6) is 0 Å².